The Hall–Kier alpha value is -1.59. The van der Waals surface area contributed by atoms with Gasteiger partial charge in [-0.3, -0.25) is 4.79 Å². The number of nitrogens with two attached hydrogens (primary N) is 1. The van der Waals surface area contributed by atoms with Gasteiger partial charge in [0, 0.05) is 36.8 Å². The maximum Gasteiger partial charge on any atom is 0.224 e. The Balaban J connectivity index is 1.82. The van der Waals surface area contributed by atoms with Crippen molar-refractivity contribution in [2.75, 3.05) is 26.9 Å². The normalized spacial score (nSPS) is 25.6. The summed E-state index contributed by atoms with van der Waals surface area (Å²) in [6, 6.07) is 6.28. The van der Waals surface area contributed by atoms with Gasteiger partial charge in [-0.1, -0.05) is 24.1 Å². The number of hydrogen-bond acceptors (Lipinski definition) is 4. The molecule has 2 aliphatic rings. The van der Waals surface area contributed by atoms with E-state index in [0.717, 1.165) is 37.9 Å². The van der Waals surface area contributed by atoms with E-state index in [4.69, 9.17) is 15.2 Å². The molecule has 5 heteroatoms. The lowest BCUT2D eigenvalue weighted by Crippen LogP contribution is -2.47. The molecule has 1 aliphatic heterocycles. The minimum Gasteiger partial charge on any atom is -0.496 e. The van der Waals surface area contributed by atoms with Crippen molar-refractivity contribution >= 4 is 5.91 Å². The molecule has 0 bridgehead atoms. The van der Waals surface area contributed by atoms with E-state index in [9.17, 15) is 4.79 Å². The Morgan fingerprint density at radius 1 is 1.36 bits per heavy atom. The van der Waals surface area contributed by atoms with E-state index in [0.29, 0.717) is 19.8 Å². The van der Waals surface area contributed by atoms with Crippen molar-refractivity contribution in [2.24, 2.45) is 11.7 Å². The van der Waals surface area contributed by atoms with Crippen LogP contribution in [0.3, 0.4) is 0 Å². The topological polar surface area (TPSA) is 73.6 Å². The number of methoxy groups -OCH3 is 1. The van der Waals surface area contributed by atoms with Crippen LogP contribution in [0.4, 0.5) is 0 Å². The summed E-state index contributed by atoms with van der Waals surface area (Å²) in [6.07, 6.45) is 4.65. The second kappa shape index (κ2) is 7.75. The highest BCUT2D eigenvalue weighted by atomic mass is 16.5. The zero-order chi connectivity index (χ0) is 17.9. The number of aryl methyl sites for hydroxylation is 1. The largest absolute Gasteiger partial charge is 0.496 e. The van der Waals surface area contributed by atoms with Crippen LogP contribution in [-0.2, 0) is 14.9 Å². The monoisotopic (exact) mass is 346 g/mol. The van der Waals surface area contributed by atoms with Crippen LogP contribution in [0.2, 0.25) is 0 Å². The first-order valence-corrected chi connectivity index (χ1v) is 9.32. The van der Waals surface area contributed by atoms with Crippen molar-refractivity contribution in [3.63, 3.8) is 0 Å². The molecule has 0 spiro atoms. The Kier molecular flexibility index (Phi) is 5.64. The van der Waals surface area contributed by atoms with Crippen molar-refractivity contribution in [1.29, 1.82) is 0 Å². The molecule has 1 aliphatic carbocycles. The second-order valence-corrected chi connectivity index (χ2v) is 7.52. The third-order valence-corrected chi connectivity index (χ3v) is 5.88. The van der Waals surface area contributed by atoms with Gasteiger partial charge in [-0.15, -0.1) is 0 Å². The predicted octanol–water partition coefficient (Wildman–Crippen LogP) is 2.30. The van der Waals surface area contributed by atoms with Gasteiger partial charge in [0.05, 0.1) is 13.0 Å². The van der Waals surface area contributed by atoms with E-state index < -0.39 is 0 Å². The van der Waals surface area contributed by atoms with Crippen LogP contribution in [0, 0.1) is 12.8 Å². The zero-order valence-corrected chi connectivity index (χ0v) is 15.3. The maximum absolute atomic E-state index is 12.6. The Labute approximate surface area is 150 Å². The fraction of sp³-hybridized carbons (Fsp3) is 0.650. The van der Waals surface area contributed by atoms with Crippen LogP contribution >= 0.6 is 0 Å². The lowest BCUT2D eigenvalue weighted by Gasteiger charge is -2.39. The number of nitrogens with one attached hydrogen (secondary N) is 1. The third-order valence-electron chi connectivity index (χ3n) is 5.88. The fourth-order valence-electron chi connectivity index (χ4n) is 4.24. The lowest BCUT2D eigenvalue weighted by molar-refractivity contribution is -0.125. The average Bonchev–Trinajstić information content (AvgIpc) is 3.06. The van der Waals surface area contributed by atoms with Crippen LogP contribution in [0.15, 0.2) is 18.2 Å². The molecule has 1 aromatic carbocycles. The van der Waals surface area contributed by atoms with Gasteiger partial charge in [0.15, 0.2) is 0 Å². The molecule has 1 saturated carbocycles. The Morgan fingerprint density at radius 2 is 2.12 bits per heavy atom. The molecule has 0 aromatic heterocycles. The molecule has 3 N–H and O–H groups in total. The van der Waals surface area contributed by atoms with Gasteiger partial charge in [0.1, 0.15) is 5.75 Å². The molecular formula is C20H30N2O3. The number of benzene rings is 1. The molecule has 2 fully saturated rings. The predicted molar refractivity (Wildman–Crippen MR) is 97.8 cm³/mol. The number of rotatable bonds is 5. The highest BCUT2D eigenvalue weighted by Gasteiger charge is 2.38. The summed E-state index contributed by atoms with van der Waals surface area (Å²) in [5, 5.41) is 3.20. The van der Waals surface area contributed by atoms with Crippen molar-refractivity contribution in [3.05, 3.63) is 29.3 Å². The fourth-order valence-corrected chi connectivity index (χ4v) is 4.24. The molecule has 2 atom stereocenters. The molecular weight excluding hydrogens is 316 g/mol. The molecule has 25 heavy (non-hydrogen) atoms. The van der Waals surface area contributed by atoms with Crippen LogP contribution < -0.4 is 15.8 Å². The number of ether oxygens (including phenoxy) is 2. The molecule has 1 amide bonds. The first-order valence-electron chi connectivity index (χ1n) is 9.32. The Bertz CT molecular complexity index is 611. The van der Waals surface area contributed by atoms with E-state index in [1.54, 1.807) is 7.11 Å². The summed E-state index contributed by atoms with van der Waals surface area (Å²) in [5.74, 6) is 0.943. The van der Waals surface area contributed by atoms with Gasteiger partial charge in [0.25, 0.3) is 0 Å². The van der Waals surface area contributed by atoms with E-state index >= 15 is 0 Å². The van der Waals surface area contributed by atoms with Crippen molar-refractivity contribution in [1.82, 2.24) is 5.32 Å². The highest BCUT2D eigenvalue weighted by molar-refractivity contribution is 5.79. The van der Waals surface area contributed by atoms with E-state index in [1.807, 2.05) is 6.07 Å². The molecule has 3 rings (SSSR count). The van der Waals surface area contributed by atoms with E-state index in [1.165, 1.54) is 11.1 Å². The van der Waals surface area contributed by atoms with Gasteiger partial charge in [-0.05, 0) is 38.7 Å². The van der Waals surface area contributed by atoms with Gasteiger partial charge >= 0.3 is 0 Å². The minimum absolute atomic E-state index is 0.000792. The summed E-state index contributed by atoms with van der Waals surface area (Å²) in [4.78, 5) is 12.6. The molecule has 5 nitrogen and oxygen atoms in total. The smallest absolute Gasteiger partial charge is 0.224 e. The maximum atomic E-state index is 12.6. The van der Waals surface area contributed by atoms with Crippen molar-refractivity contribution in [3.8, 4) is 5.75 Å². The summed E-state index contributed by atoms with van der Waals surface area (Å²) < 4.78 is 11.2. The first-order chi connectivity index (χ1) is 12.1. The molecule has 1 saturated heterocycles. The van der Waals surface area contributed by atoms with Gasteiger partial charge in [0.2, 0.25) is 5.91 Å². The van der Waals surface area contributed by atoms with E-state index in [-0.39, 0.29) is 23.3 Å². The zero-order valence-electron chi connectivity index (χ0n) is 15.3. The number of carbonyl (C=O) groups is 1. The SMILES string of the molecule is COc1ccc(C)cc1C1(CNC(=O)[C@@H]2CCC[C@H]2N)CCOCC1. The molecule has 0 unspecified atom stereocenters. The number of amides is 1. The number of hydrogen-bond donors (Lipinski definition) is 2. The van der Waals surface area contributed by atoms with Crippen LogP contribution in [0.1, 0.15) is 43.2 Å². The van der Waals surface area contributed by atoms with Crippen LogP contribution in [-0.4, -0.2) is 38.8 Å². The van der Waals surface area contributed by atoms with Crippen LogP contribution in [0.25, 0.3) is 0 Å². The van der Waals surface area contributed by atoms with Gasteiger partial charge in [-0.25, -0.2) is 0 Å². The molecule has 0 radical (unpaired) electrons. The average molecular weight is 346 g/mol. The quantitative estimate of drug-likeness (QED) is 0.858. The summed E-state index contributed by atoms with van der Waals surface area (Å²) in [5.41, 5.74) is 8.33. The first kappa shape index (κ1) is 18.2. The van der Waals surface area contributed by atoms with Gasteiger partial charge in [-0.2, -0.15) is 0 Å². The third kappa shape index (κ3) is 3.82. The molecule has 1 heterocycles. The standard InChI is InChI=1S/C20H30N2O3/c1-14-6-7-18(24-2)16(12-14)20(8-10-25-11-9-20)13-22-19(23)15-4-3-5-17(15)21/h6-7,12,15,17H,3-5,8-11,13,21H2,1-2H3,(H,22,23)/t15-,17-/m1/s1. The summed E-state index contributed by atoms with van der Waals surface area (Å²) in [6.45, 7) is 4.11. The lowest BCUT2D eigenvalue weighted by atomic mass is 9.73. The second-order valence-electron chi connectivity index (χ2n) is 7.52. The highest BCUT2D eigenvalue weighted by Crippen LogP contribution is 2.40. The van der Waals surface area contributed by atoms with Gasteiger partial charge < -0.3 is 20.5 Å². The molecule has 1 aromatic rings. The summed E-state index contributed by atoms with van der Waals surface area (Å²) in [7, 11) is 1.71. The number of carbonyl (C=O) groups excluding carboxylic acids is 1. The van der Waals surface area contributed by atoms with Crippen LogP contribution in [0.5, 0.6) is 5.75 Å². The Morgan fingerprint density at radius 3 is 2.76 bits per heavy atom. The van der Waals surface area contributed by atoms with Crippen molar-refractivity contribution in [2.45, 2.75) is 50.5 Å². The van der Waals surface area contributed by atoms with Crippen molar-refractivity contribution < 1.29 is 14.3 Å². The van der Waals surface area contributed by atoms with E-state index in [2.05, 4.69) is 24.4 Å². The summed E-state index contributed by atoms with van der Waals surface area (Å²) >= 11 is 0. The minimum atomic E-state index is -0.145. The molecule has 138 valence electrons.